The molecule has 0 unspecified atom stereocenters. The maximum absolute atomic E-state index is 12.6. The first-order valence-corrected chi connectivity index (χ1v) is 8.27. The van der Waals surface area contributed by atoms with Crippen molar-refractivity contribution < 1.29 is 14.5 Å². The Morgan fingerprint density at radius 1 is 1.19 bits per heavy atom. The third-order valence-electron chi connectivity index (χ3n) is 4.32. The number of hydrogen-bond acceptors (Lipinski definition) is 6. The van der Waals surface area contributed by atoms with Crippen molar-refractivity contribution in [2.75, 3.05) is 6.61 Å². The van der Waals surface area contributed by atoms with E-state index >= 15 is 0 Å². The van der Waals surface area contributed by atoms with E-state index in [-0.39, 0.29) is 35.5 Å². The molecule has 3 aromatic rings. The van der Waals surface area contributed by atoms with E-state index in [0.29, 0.717) is 16.7 Å². The molecule has 138 valence electrons. The molecule has 0 saturated heterocycles. The van der Waals surface area contributed by atoms with Crippen LogP contribution in [0.3, 0.4) is 0 Å². The molecule has 8 nitrogen and oxygen atoms in total. The summed E-state index contributed by atoms with van der Waals surface area (Å²) in [6.45, 7) is 3.29. The second-order valence-corrected chi connectivity index (χ2v) is 5.98. The van der Waals surface area contributed by atoms with E-state index < -0.39 is 10.9 Å². The summed E-state index contributed by atoms with van der Waals surface area (Å²) in [6.07, 6.45) is 0. The number of nitrogens with zero attached hydrogens (tertiary/aromatic N) is 3. The number of carbonyl (C=O) groups is 1. The molecular formula is C19H17N3O5. The normalized spacial score (nSPS) is 10.7. The number of esters is 1. The minimum atomic E-state index is -0.671. The molecule has 1 heterocycles. The Hall–Kier alpha value is -3.55. The number of rotatable bonds is 5. The predicted molar refractivity (Wildman–Crippen MR) is 98.9 cm³/mol. The third kappa shape index (κ3) is 3.55. The molecule has 0 aliphatic carbocycles. The number of aromatic nitrogens is 2. The number of benzene rings is 2. The Kier molecular flexibility index (Phi) is 4.98. The fourth-order valence-corrected chi connectivity index (χ4v) is 2.89. The van der Waals surface area contributed by atoms with Crippen molar-refractivity contribution in [3.05, 3.63) is 79.9 Å². The van der Waals surface area contributed by atoms with Gasteiger partial charge in [0.15, 0.2) is 0 Å². The Morgan fingerprint density at radius 3 is 2.67 bits per heavy atom. The minimum Gasteiger partial charge on any atom is -0.460 e. The molecule has 3 rings (SSSR count). The van der Waals surface area contributed by atoms with Crippen LogP contribution in [0.2, 0.25) is 0 Å². The number of hydrogen-bond donors (Lipinski definition) is 0. The average molecular weight is 367 g/mol. The number of carbonyl (C=O) groups excluding carboxylic acids is 1. The number of ether oxygens (including phenoxy) is 1. The molecule has 0 amide bonds. The van der Waals surface area contributed by atoms with Gasteiger partial charge in [-0.2, -0.15) is 0 Å². The van der Waals surface area contributed by atoms with Gasteiger partial charge >= 0.3 is 5.97 Å². The molecule has 0 fully saturated rings. The Morgan fingerprint density at radius 2 is 1.93 bits per heavy atom. The van der Waals surface area contributed by atoms with Gasteiger partial charge in [-0.3, -0.25) is 19.5 Å². The molecule has 8 heteroatoms. The molecule has 27 heavy (non-hydrogen) atoms. The van der Waals surface area contributed by atoms with Crippen LogP contribution in [0.4, 0.5) is 5.69 Å². The van der Waals surface area contributed by atoms with Crippen molar-refractivity contribution in [3.8, 4) is 0 Å². The van der Waals surface area contributed by atoms with E-state index in [1.54, 1.807) is 25.1 Å². The highest BCUT2D eigenvalue weighted by molar-refractivity contribution is 5.92. The van der Waals surface area contributed by atoms with Gasteiger partial charge in [-0.15, -0.1) is 0 Å². The van der Waals surface area contributed by atoms with E-state index in [9.17, 15) is 19.7 Å². The van der Waals surface area contributed by atoms with Crippen molar-refractivity contribution in [2.24, 2.45) is 0 Å². The maximum atomic E-state index is 12.6. The van der Waals surface area contributed by atoms with Crippen molar-refractivity contribution in [1.29, 1.82) is 0 Å². The van der Waals surface area contributed by atoms with Gasteiger partial charge in [0.25, 0.3) is 11.2 Å². The van der Waals surface area contributed by atoms with Gasteiger partial charge in [-0.25, -0.2) is 9.78 Å². The van der Waals surface area contributed by atoms with Crippen molar-refractivity contribution in [3.63, 3.8) is 0 Å². The molecule has 0 aliphatic rings. The molecule has 0 atom stereocenters. The number of nitro groups is 1. The Bertz CT molecular complexity index is 1100. The molecule has 0 saturated carbocycles. The van der Waals surface area contributed by atoms with Gasteiger partial charge in [0.1, 0.15) is 12.4 Å². The first kappa shape index (κ1) is 18.2. The topological polar surface area (TPSA) is 104 Å². The zero-order valence-corrected chi connectivity index (χ0v) is 14.8. The highest BCUT2D eigenvalue weighted by atomic mass is 16.6. The van der Waals surface area contributed by atoms with Gasteiger partial charge in [0.2, 0.25) is 0 Å². The molecule has 0 spiro atoms. The highest BCUT2D eigenvalue weighted by Gasteiger charge is 2.19. The summed E-state index contributed by atoms with van der Waals surface area (Å²) < 4.78 is 6.66. The Balaban J connectivity index is 1.77. The highest BCUT2D eigenvalue weighted by Crippen LogP contribution is 2.21. The first-order valence-electron chi connectivity index (χ1n) is 8.27. The van der Waals surface area contributed by atoms with E-state index in [1.165, 1.54) is 29.7 Å². The second kappa shape index (κ2) is 7.36. The predicted octanol–water partition coefficient (Wildman–Crippen LogP) is 2.78. The van der Waals surface area contributed by atoms with Gasteiger partial charge in [0, 0.05) is 11.6 Å². The standard InChI is InChI=1S/C19H17N3O5/c1-12-14(7-5-9-17(12)22(25)26)19(24)27-11-10-21-13(2)20-16-8-4-3-6-15(16)18(21)23/h3-9H,10-11H2,1-2H3. The largest absolute Gasteiger partial charge is 0.460 e. The summed E-state index contributed by atoms with van der Waals surface area (Å²) in [5.74, 6) is -0.156. The van der Waals surface area contributed by atoms with Crippen LogP contribution in [0.25, 0.3) is 10.9 Å². The van der Waals surface area contributed by atoms with Gasteiger partial charge in [-0.1, -0.05) is 18.2 Å². The summed E-state index contributed by atoms with van der Waals surface area (Å²) in [7, 11) is 0. The molecule has 0 aliphatic heterocycles. The summed E-state index contributed by atoms with van der Waals surface area (Å²) in [6, 6.07) is 11.3. The maximum Gasteiger partial charge on any atom is 0.338 e. The SMILES string of the molecule is Cc1c(C(=O)OCCn2c(C)nc3ccccc3c2=O)cccc1[N+](=O)[O-]. The van der Waals surface area contributed by atoms with E-state index in [2.05, 4.69) is 4.98 Å². The van der Waals surface area contributed by atoms with Crippen LogP contribution in [-0.2, 0) is 11.3 Å². The molecule has 2 aromatic carbocycles. The van der Waals surface area contributed by atoms with Gasteiger partial charge < -0.3 is 4.74 Å². The molecular weight excluding hydrogens is 350 g/mol. The van der Waals surface area contributed by atoms with Crippen molar-refractivity contribution >= 4 is 22.6 Å². The van der Waals surface area contributed by atoms with E-state index in [0.717, 1.165) is 0 Å². The van der Waals surface area contributed by atoms with Crippen molar-refractivity contribution in [1.82, 2.24) is 9.55 Å². The molecule has 0 bridgehead atoms. The van der Waals surface area contributed by atoms with Crippen LogP contribution >= 0.6 is 0 Å². The van der Waals surface area contributed by atoms with Crippen LogP contribution < -0.4 is 5.56 Å². The second-order valence-electron chi connectivity index (χ2n) is 5.98. The number of para-hydroxylation sites is 1. The number of nitro benzene ring substituents is 1. The Labute approximate surface area is 154 Å². The summed E-state index contributed by atoms with van der Waals surface area (Å²) in [5, 5.41) is 11.5. The summed E-state index contributed by atoms with van der Waals surface area (Å²) >= 11 is 0. The zero-order valence-electron chi connectivity index (χ0n) is 14.8. The van der Waals surface area contributed by atoms with E-state index in [1.807, 2.05) is 6.07 Å². The van der Waals surface area contributed by atoms with Gasteiger partial charge in [0.05, 0.1) is 27.9 Å². The average Bonchev–Trinajstić information content (AvgIpc) is 2.64. The minimum absolute atomic E-state index is 0.0538. The third-order valence-corrected chi connectivity index (χ3v) is 4.32. The lowest BCUT2D eigenvalue weighted by Crippen LogP contribution is -2.26. The lowest BCUT2D eigenvalue weighted by atomic mass is 10.1. The molecule has 1 aromatic heterocycles. The van der Waals surface area contributed by atoms with Crippen molar-refractivity contribution in [2.45, 2.75) is 20.4 Å². The van der Waals surface area contributed by atoms with Crippen LogP contribution in [0.5, 0.6) is 0 Å². The number of aryl methyl sites for hydroxylation is 1. The van der Waals surface area contributed by atoms with Crippen LogP contribution in [0.15, 0.2) is 47.3 Å². The smallest absolute Gasteiger partial charge is 0.338 e. The summed E-state index contributed by atoms with van der Waals surface area (Å²) in [4.78, 5) is 39.7. The van der Waals surface area contributed by atoms with E-state index in [4.69, 9.17) is 4.74 Å². The quantitative estimate of drug-likeness (QED) is 0.390. The number of fused-ring (bicyclic) bond motifs is 1. The monoisotopic (exact) mass is 367 g/mol. The van der Waals surface area contributed by atoms with Crippen LogP contribution in [0, 0.1) is 24.0 Å². The fraction of sp³-hybridized carbons (Fsp3) is 0.211. The van der Waals surface area contributed by atoms with Gasteiger partial charge in [-0.05, 0) is 32.0 Å². The van der Waals surface area contributed by atoms with Crippen LogP contribution in [-0.4, -0.2) is 27.1 Å². The lowest BCUT2D eigenvalue weighted by Gasteiger charge is -2.12. The summed E-state index contributed by atoms with van der Waals surface area (Å²) in [5.41, 5.74) is 0.634. The first-order chi connectivity index (χ1) is 12.9. The zero-order chi connectivity index (χ0) is 19.6. The van der Waals surface area contributed by atoms with Crippen LogP contribution in [0.1, 0.15) is 21.7 Å². The molecule has 0 radical (unpaired) electrons. The lowest BCUT2D eigenvalue weighted by molar-refractivity contribution is -0.385. The molecule has 0 N–H and O–H groups in total. The fourth-order valence-electron chi connectivity index (χ4n) is 2.89.